The van der Waals surface area contributed by atoms with Crippen LogP contribution in [0.3, 0.4) is 0 Å². The lowest BCUT2D eigenvalue weighted by Gasteiger charge is -2.30. The first-order valence-electron chi connectivity index (χ1n) is 9.91. The number of nitrogens with zero attached hydrogens (tertiary/aromatic N) is 1. The van der Waals surface area contributed by atoms with E-state index in [-0.39, 0.29) is 30.8 Å². The first kappa shape index (κ1) is 24.0. The zero-order valence-electron chi connectivity index (χ0n) is 17.7. The zero-order valence-corrected chi connectivity index (χ0v) is 19.3. The van der Waals surface area contributed by atoms with Gasteiger partial charge in [-0.2, -0.15) is 0 Å². The summed E-state index contributed by atoms with van der Waals surface area (Å²) >= 11 is 12.1. The number of hydrogen-bond acceptors (Lipinski definition) is 3. The molecule has 0 radical (unpaired) electrons. The van der Waals surface area contributed by atoms with Crippen LogP contribution in [0.1, 0.15) is 38.3 Å². The molecule has 0 saturated heterocycles. The first-order chi connectivity index (χ1) is 14.2. The van der Waals surface area contributed by atoms with E-state index < -0.39 is 6.04 Å². The molecule has 30 heavy (non-hydrogen) atoms. The van der Waals surface area contributed by atoms with Crippen LogP contribution in [0.25, 0.3) is 0 Å². The number of rotatable bonds is 9. The maximum atomic E-state index is 13.2. The molecule has 2 atom stereocenters. The number of hydrogen-bond donors (Lipinski definition) is 1. The molecule has 0 unspecified atom stereocenters. The van der Waals surface area contributed by atoms with Gasteiger partial charge in [0.1, 0.15) is 11.8 Å². The summed E-state index contributed by atoms with van der Waals surface area (Å²) in [7, 11) is 1.59. The fourth-order valence-electron chi connectivity index (χ4n) is 2.90. The van der Waals surface area contributed by atoms with Crippen molar-refractivity contribution < 1.29 is 14.3 Å². The topological polar surface area (TPSA) is 58.6 Å². The highest BCUT2D eigenvalue weighted by Crippen LogP contribution is 2.24. The molecule has 0 saturated carbocycles. The minimum atomic E-state index is -0.640. The van der Waals surface area contributed by atoms with E-state index in [9.17, 15) is 9.59 Å². The van der Waals surface area contributed by atoms with E-state index in [0.717, 1.165) is 23.3 Å². The molecule has 2 amide bonds. The predicted molar refractivity (Wildman–Crippen MR) is 121 cm³/mol. The van der Waals surface area contributed by atoms with E-state index in [4.69, 9.17) is 27.9 Å². The molecule has 5 nitrogen and oxygen atoms in total. The SMILES string of the molecule is CC[C@@H](C)NC(=O)[C@@H](C)N(Cc1ccc(Cl)c(Cl)c1)C(=O)Cc1ccc(OC)cc1. The second kappa shape index (κ2) is 11.2. The maximum absolute atomic E-state index is 13.2. The molecule has 0 spiro atoms. The highest BCUT2D eigenvalue weighted by molar-refractivity contribution is 6.42. The summed E-state index contributed by atoms with van der Waals surface area (Å²) in [5.41, 5.74) is 1.64. The Kier molecular flexibility index (Phi) is 9.00. The molecule has 2 rings (SSSR count). The Bertz CT molecular complexity index is 871. The second-order valence-corrected chi connectivity index (χ2v) is 8.10. The summed E-state index contributed by atoms with van der Waals surface area (Å²) in [4.78, 5) is 27.5. The van der Waals surface area contributed by atoms with Crippen molar-refractivity contribution in [2.45, 2.75) is 52.2 Å². The number of nitrogens with one attached hydrogen (secondary N) is 1. The van der Waals surface area contributed by atoms with Crippen LogP contribution in [0, 0.1) is 0 Å². The third kappa shape index (κ3) is 6.64. The summed E-state index contributed by atoms with van der Waals surface area (Å²) in [6, 6.07) is 11.9. The van der Waals surface area contributed by atoms with Crippen LogP contribution in [0.2, 0.25) is 10.0 Å². The molecule has 0 bridgehead atoms. The van der Waals surface area contributed by atoms with Crippen LogP contribution < -0.4 is 10.1 Å². The quantitative estimate of drug-likeness (QED) is 0.592. The molecule has 2 aromatic rings. The van der Waals surface area contributed by atoms with Gasteiger partial charge in [-0.05, 0) is 55.7 Å². The monoisotopic (exact) mass is 450 g/mol. The van der Waals surface area contributed by atoms with Crippen molar-refractivity contribution in [3.63, 3.8) is 0 Å². The van der Waals surface area contributed by atoms with Crippen molar-refractivity contribution in [1.82, 2.24) is 10.2 Å². The van der Waals surface area contributed by atoms with Crippen LogP contribution in [0.15, 0.2) is 42.5 Å². The average molecular weight is 451 g/mol. The van der Waals surface area contributed by atoms with Crippen molar-refractivity contribution in [3.8, 4) is 5.75 Å². The molecule has 0 aliphatic carbocycles. The number of carbonyl (C=O) groups is 2. The Morgan fingerprint density at radius 2 is 1.67 bits per heavy atom. The van der Waals surface area contributed by atoms with Gasteiger partial charge in [0.25, 0.3) is 0 Å². The molecule has 0 fully saturated rings. The average Bonchev–Trinajstić information content (AvgIpc) is 2.74. The zero-order chi connectivity index (χ0) is 22.3. The molecule has 0 heterocycles. The third-order valence-electron chi connectivity index (χ3n) is 5.02. The van der Waals surface area contributed by atoms with Gasteiger partial charge in [-0.25, -0.2) is 0 Å². The Balaban J connectivity index is 2.24. The Hall–Kier alpha value is -2.24. The van der Waals surface area contributed by atoms with Crippen molar-refractivity contribution in [3.05, 3.63) is 63.6 Å². The van der Waals surface area contributed by atoms with Gasteiger partial charge >= 0.3 is 0 Å². The van der Waals surface area contributed by atoms with Gasteiger partial charge in [0.2, 0.25) is 11.8 Å². The minimum absolute atomic E-state index is 0.0310. The van der Waals surface area contributed by atoms with E-state index in [2.05, 4.69) is 5.32 Å². The highest BCUT2D eigenvalue weighted by Gasteiger charge is 2.27. The molecule has 1 N–H and O–H groups in total. The van der Waals surface area contributed by atoms with Crippen LogP contribution in [-0.2, 0) is 22.6 Å². The van der Waals surface area contributed by atoms with E-state index in [1.54, 1.807) is 37.1 Å². The number of carbonyl (C=O) groups excluding carboxylic acids is 2. The molecule has 162 valence electrons. The molecule has 0 aliphatic rings. The number of benzene rings is 2. The van der Waals surface area contributed by atoms with Crippen LogP contribution >= 0.6 is 23.2 Å². The molecular formula is C23H28Cl2N2O3. The Morgan fingerprint density at radius 3 is 2.23 bits per heavy atom. The van der Waals surface area contributed by atoms with Gasteiger partial charge in [0.15, 0.2) is 0 Å². The summed E-state index contributed by atoms with van der Waals surface area (Å²) in [6.45, 7) is 5.92. The number of amides is 2. The fourth-order valence-corrected chi connectivity index (χ4v) is 3.22. The van der Waals surface area contributed by atoms with Gasteiger partial charge in [0.05, 0.1) is 23.6 Å². The normalized spacial score (nSPS) is 12.7. The molecule has 2 aromatic carbocycles. The first-order valence-corrected chi connectivity index (χ1v) is 10.7. The van der Waals surface area contributed by atoms with E-state index in [1.807, 2.05) is 38.1 Å². The van der Waals surface area contributed by atoms with E-state index >= 15 is 0 Å². The Labute approximate surface area is 188 Å². The van der Waals surface area contributed by atoms with Gasteiger partial charge < -0.3 is 15.0 Å². The molecule has 0 aromatic heterocycles. The number of ether oxygens (including phenoxy) is 1. The molecule has 0 aliphatic heterocycles. The van der Waals surface area contributed by atoms with Crippen molar-refractivity contribution in [2.75, 3.05) is 7.11 Å². The van der Waals surface area contributed by atoms with E-state index in [0.29, 0.717) is 10.0 Å². The minimum Gasteiger partial charge on any atom is -0.497 e. The smallest absolute Gasteiger partial charge is 0.242 e. The molecular weight excluding hydrogens is 423 g/mol. The summed E-state index contributed by atoms with van der Waals surface area (Å²) in [6.07, 6.45) is 0.983. The van der Waals surface area contributed by atoms with Crippen LogP contribution in [0.4, 0.5) is 0 Å². The van der Waals surface area contributed by atoms with Crippen molar-refractivity contribution in [1.29, 1.82) is 0 Å². The standard InChI is InChI=1S/C23H28Cl2N2O3/c1-5-15(2)26-23(29)16(3)27(14-18-8-11-20(24)21(25)12-18)22(28)13-17-6-9-19(30-4)10-7-17/h6-12,15-16H,5,13-14H2,1-4H3,(H,26,29)/t15-,16-/m1/s1. The number of halogens is 2. The maximum Gasteiger partial charge on any atom is 0.242 e. The number of methoxy groups -OCH3 is 1. The van der Waals surface area contributed by atoms with E-state index in [1.165, 1.54) is 0 Å². The lowest BCUT2D eigenvalue weighted by Crippen LogP contribution is -2.49. The second-order valence-electron chi connectivity index (χ2n) is 7.29. The van der Waals surface area contributed by atoms with Gasteiger partial charge in [0, 0.05) is 12.6 Å². The van der Waals surface area contributed by atoms with Crippen molar-refractivity contribution in [2.24, 2.45) is 0 Å². The predicted octanol–water partition coefficient (Wildman–Crippen LogP) is 4.88. The Morgan fingerprint density at radius 1 is 1.03 bits per heavy atom. The van der Waals surface area contributed by atoms with Crippen LogP contribution in [-0.4, -0.2) is 35.9 Å². The summed E-state index contributed by atoms with van der Waals surface area (Å²) in [5.74, 6) is 0.380. The van der Waals surface area contributed by atoms with Gasteiger partial charge in [-0.3, -0.25) is 9.59 Å². The van der Waals surface area contributed by atoms with Crippen molar-refractivity contribution >= 4 is 35.0 Å². The van der Waals surface area contributed by atoms with Gasteiger partial charge in [-0.1, -0.05) is 48.3 Å². The highest BCUT2D eigenvalue weighted by atomic mass is 35.5. The fraction of sp³-hybridized carbons (Fsp3) is 0.391. The van der Waals surface area contributed by atoms with Gasteiger partial charge in [-0.15, -0.1) is 0 Å². The lowest BCUT2D eigenvalue weighted by atomic mass is 10.1. The largest absolute Gasteiger partial charge is 0.497 e. The summed E-state index contributed by atoms with van der Waals surface area (Å²) < 4.78 is 5.17. The third-order valence-corrected chi connectivity index (χ3v) is 5.76. The van der Waals surface area contributed by atoms with Crippen LogP contribution in [0.5, 0.6) is 5.75 Å². The molecule has 7 heteroatoms. The summed E-state index contributed by atoms with van der Waals surface area (Å²) in [5, 5.41) is 3.81. The lowest BCUT2D eigenvalue weighted by molar-refractivity contribution is -0.140.